The van der Waals surface area contributed by atoms with E-state index in [1.165, 1.54) is 0 Å². The van der Waals surface area contributed by atoms with E-state index in [0.29, 0.717) is 19.6 Å². The number of hydrogen-bond acceptors (Lipinski definition) is 5. The third-order valence-electron chi connectivity index (χ3n) is 3.38. The number of nitrogens with zero attached hydrogens (tertiary/aromatic N) is 1. The van der Waals surface area contributed by atoms with Crippen LogP contribution in [-0.4, -0.2) is 50.0 Å². The lowest BCUT2D eigenvalue weighted by atomic mass is 10.3. The van der Waals surface area contributed by atoms with Crippen molar-refractivity contribution in [2.45, 2.75) is 17.7 Å². The Morgan fingerprint density at radius 1 is 1.43 bits per heavy atom. The summed E-state index contributed by atoms with van der Waals surface area (Å²) in [7, 11) is 1.64. The second-order valence-electron chi connectivity index (χ2n) is 4.85. The van der Waals surface area contributed by atoms with Gasteiger partial charge in [0.25, 0.3) is 0 Å². The van der Waals surface area contributed by atoms with Crippen LogP contribution in [0.2, 0.25) is 0 Å². The van der Waals surface area contributed by atoms with E-state index >= 15 is 0 Å². The van der Waals surface area contributed by atoms with Gasteiger partial charge in [-0.3, -0.25) is 4.79 Å². The van der Waals surface area contributed by atoms with E-state index in [4.69, 9.17) is 15.2 Å². The van der Waals surface area contributed by atoms with Crippen molar-refractivity contribution in [1.29, 1.82) is 0 Å². The molecule has 0 spiro atoms. The topological polar surface area (TPSA) is 64.8 Å². The van der Waals surface area contributed by atoms with E-state index < -0.39 is 0 Å². The fourth-order valence-electron chi connectivity index (χ4n) is 2.14. The van der Waals surface area contributed by atoms with Crippen molar-refractivity contribution in [3.8, 4) is 5.75 Å². The third kappa shape index (κ3) is 4.82. The average Bonchev–Trinajstić information content (AvgIpc) is 2.53. The molecular formula is C15H22N2O3S. The number of thioether (sulfide) groups is 1. The van der Waals surface area contributed by atoms with Crippen LogP contribution in [-0.2, 0) is 9.53 Å². The monoisotopic (exact) mass is 310 g/mol. The number of rotatable bonds is 6. The summed E-state index contributed by atoms with van der Waals surface area (Å²) in [5.41, 5.74) is 6.69. The normalized spacial score (nSPS) is 15.0. The molecule has 1 fully saturated rings. The Morgan fingerprint density at radius 2 is 2.19 bits per heavy atom. The first-order valence-electron chi connectivity index (χ1n) is 7.12. The van der Waals surface area contributed by atoms with Crippen molar-refractivity contribution >= 4 is 23.4 Å². The Labute approximate surface area is 129 Å². The predicted octanol–water partition coefficient (Wildman–Crippen LogP) is 2.01. The molecule has 21 heavy (non-hydrogen) atoms. The fraction of sp³-hybridized carbons (Fsp3) is 0.533. The summed E-state index contributed by atoms with van der Waals surface area (Å²) in [6.45, 7) is 2.74. The summed E-state index contributed by atoms with van der Waals surface area (Å²) < 4.78 is 10.4. The SMILES string of the molecule is COc1ccc(N)c(SCCCC(=O)N2CCOCC2)c1. The molecule has 1 saturated heterocycles. The minimum atomic E-state index is 0.220. The van der Waals surface area contributed by atoms with Crippen LogP contribution in [0.15, 0.2) is 23.1 Å². The first kappa shape index (κ1) is 16.0. The van der Waals surface area contributed by atoms with Crippen molar-refractivity contribution in [2.24, 2.45) is 0 Å². The molecule has 2 rings (SSSR count). The fourth-order valence-corrected chi connectivity index (χ4v) is 3.09. The smallest absolute Gasteiger partial charge is 0.222 e. The molecule has 1 aliphatic heterocycles. The molecule has 116 valence electrons. The number of morpholine rings is 1. The zero-order valence-electron chi connectivity index (χ0n) is 12.3. The van der Waals surface area contributed by atoms with Gasteiger partial charge in [-0.25, -0.2) is 0 Å². The largest absolute Gasteiger partial charge is 0.497 e. The van der Waals surface area contributed by atoms with Crippen LogP contribution in [0.3, 0.4) is 0 Å². The number of carbonyl (C=O) groups is 1. The number of nitrogen functional groups attached to an aromatic ring is 1. The van der Waals surface area contributed by atoms with Gasteiger partial charge in [0, 0.05) is 30.1 Å². The van der Waals surface area contributed by atoms with Crippen molar-refractivity contribution in [3.05, 3.63) is 18.2 Å². The van der Waals surface area contributed by atoms with E-state index in [1.54, 1.807) is 18.9 Å². The quantitative estimate of drug-likeness (QED) is 0.495. The van der Waals surface area contributed by atoms with Crippen molar-refractivity contribution in [3.63, 3.8) is 0 Å². The van der Waals surface area contributed by atoms with Gasteiger partial charge in [0.15, 0.2) is 0 Å². The lowest BCUT2D eigenvalue weighted by molar-refractivity contribution is -0.135. The molecule has 2 N–H and O–H groups in total. The van der Waals surface area contributed by atoms with Crippen LogP contribution in [0.1, 0.15) is 12.8 Å². The highest BCUT2D eigenvalue weighted by atomic mass is 32.2. The number of nitrogens with two attached hydrogens (primary N) is 1. The van der Waals surface area contributed by atoms with E-state index in [0.717, 1.165) is 41.6 Å². The number of carbonyl (C=O) groups excluding carboxylic acids is 1. The maximum absolute atomic E-state index is 12.0. The summed E-state index contributed by atoms with van der Waals surface area (Å²) in [6.07, 6.45) is 1.42. The van der Waals surface area contributed by atoms with Gasteiger partial charge in [-0.1, -0.05) is 0 Å². The van der Waals surface area contributed by atoms with E-state index in [1.807, 2.05) is 23.1 Å². The number of benzene rings is 1. The van der Waals surface area contributed by atoms with Gasteiger partial charge in [-0.2, -0.15) is 0 Å². The lowest BCUT2D eigenvalue weighted by Crippen LogP contribution is -2.40. The first-order chi connectivity index (χ1) is 10.2. The molecule has 6 heteroatoms. The highest BCUT2D eigenvalue weighted by Crippen LogP contribution is 2.29. The molecule has 1 aliphatic rings. The Balaban J connectivity index is 1.73. The summed E-state index contributed by atoms with van der Waals surface area (Å²) in [5, 5.41) is 0. The molecule has 0 aliphatic carbocycles. The van der Waals surface area contributed by atoms with E-state index in [2.05, 4.69) is 0 Å². The van der Waals surface area contributed by atoms with Crippen molar-refractivity contribution in [2.75, 3.05) is 44.9 Å². The maximum atomic E-state index is 12.0. The predicted molar refractivity (Wildman–Crippen MR) is 84.8 cm³/mol. The Kier molecular flexibility index (Phi) is 6.20. The van der Waals surface area contributed by atoms with E-state index in [-0.39, 0.29) is 5.91 Å². The maximum Gasteiger partial charge on any atom is 0.222 e. The Bertz CT molecular complexity index is 476. The summed E-state index contributed by atoms with van der Waals surface area (Å²) >= 11 is 1.66. The molecule has 0 aromatic heterocycles. The standard InChI is InChI=1S/C15H22N2O3S/c1-19-12-4-5-13(16)14(11-12)21-10-2-3-15(18)17-6-8-20-9-7-17/h4-5,11H,2-3,6-10,16H2,1H3. The molecule has 0 saturated carbocycles. The molecule has 1 heterocycles. The molecule has 1 amide bonds. The lowest BCUT2D eigenvalue weighted by Gasteiger charge is -2.26. The number of anilines is 1. The molecule has 0 bridgehead atoms. The van der Waals surface area contributed by atoms with Gasteiger partial charge in [0.05, 0.1) is 20.3 Å². The molecular weight excluding hydrogens is 288 g/mol. The number of methoxy groups -OCH3 is 1. The highest BCUT2D eigenvalue weighted by Gasteiger charge is 2.16. The molecule has 1 aromatic rings. The average molecular weight is 310 g/mol. The zero-order chi connectivity index (χ0) is 15.1. The first-order valence-corrected chi connectivity index (χ1v) is 8.11. The van der Waals surface area contributed by atoms with Crippen LogP contribution < -0.4 is 10.5 Å². The molecule has 0 radical (unpaired) electrons. The number of hydrogen-bond donors (Lipinski definition) is 1. The summed E-state index contributed by atoms with van der Waals surface area (Å²) in [4.78, 5) is 14.9. The number of amides is 1. The van der Waals surface area contributed by atoms with Crippen molar-refractivity contribution in [1.82, 2.24) is 4.90 Å². The van der Waals surface area contributed by atoms with Crippen molar-refractivity contribution < 1.29 is 14.3 Å². The van der Waals surface area contributed by atoms with Crippen LogP contribution >= 0.6 is 11.8 Å². The second kappa shape index (κ2) is 8.14. The Hall–Kier alpha value is -1.40. The van der Waals surface area contributed by atoms with Crippen LogP contribution in [0.4, 0.5) is 5.69 Å². The summed E-state index contributed by atoms with van der Waals surface area (Å²) in [5.74, 6) is 1.89. The van der Waals surface area contributed by atoms with Gasteiger partial charge < -0.3 is 20.1 Å². The van der Waals surface area contributed by atoms with Gasteiger partial charge in [-0.05, 0) is 30.4 Å². The third-order valence-corrected chi connectivity index (χ3v) is 4.53. The Morgan fingerprint density at radius 3 is 2.90 bits per heavy atom. The van der Waals surface area contributed by atoms with Crippen LogP contribution in [0.25, 0.3) is 0 Å². The van der Waals surface area contributed by atoms with Gasteiger partial charge in [0.2, 0.25) is 5.91 Å². The van der Waals surface area contributed by atoms with Crippen LogP contribution in [0, 0.1) is 0 Å². The van der Waals surface area contributed by atoms with Gasteiger partial charge in [0.1, 0.15) is 5.75 Å². The van der Waals surface area contributed by atoms with Gasteiger partial charge in [-0.15, -0.1) is 11.8 Å². The number of ether oxygens (including phenoxy) is 2. The zero-order valence-corrected chi connectivity index (χ0v) is 13.2. The minimum Gasteiger partial charge on any atom is -0.497 e. The van der Waals surface area contributed by atoms with Gasteiger partial charge >= 0.3 is 0 Å². The minimum absolute atomic E-state index is 0.220. The molecule has 1 aromatic carbocycles. The van der Waals surface area contributed by atoms with E-state index in [9.17, 15) is 4.79 Å². The second-order valence-corrected chi connectivity index (χ2v) is 5.99. The van der Waals surface area contributed by atoms with Crippen LogP contribution in [0.5, 0.6) is 5.75 Å². The molecule has 0 atom stereocenters. The summed E-state index contributed by atoms with van der Waals surface area (Å²) in [6, 6.07) is 5.63. The molecule has 5 nitrogen and oxygen atoms in total. The molecule has 0 unspecified atom stereocenters. The highest BCUT2D eigenvalue weighted by molar-refractivity contribution is 7.99.